The topological polar surface area (TPSA) is 79.9 Å². The predicted molar refractivity (Wildman–Crippen MR) is 87.9 cm³/mol. The minimum Gasteiger partial charge on any atom is -0.493 e. The average Bonchev–Trinajstić information content (AvgIpc) is 2.89. The molecule has 3 amide bonds. The van der Waals surface area contributed by atoms with Gasteiger partial charge in [-0.25, -0.2) is 4.79 Å². The molecule has 1 aromatic rings. The van der Waals surface area contributed by atoms with Crippen molar-refractivity contribution in [2.45, 2.75) is 19.4 Å². The largest absolute Gasteiger partial charge is 0.493 e. The van der Waals surface area contributed by atoms with E-state index < -0.39 is 6.04 Å². The van der Waals surface area contributed by atoms with Gasteiger partial charge in [-0.1, -0.05) is 13.0 Å². The summed E-state index contributed by atoms with van der Waals surface area (Å²) in [7, 11) is 3.12. The highest BCUT2D eigenvalue weighted by Crippen LogP contribution is 2.36. The average molecular weight is 331 g/mol. The summed E-state index contributed by atoms with van der Waals surface area (Å²) in [6, 6.07) is 4.59. The number of rotatable bonds is 5. The first-order valence-corrected chi connectivity index (χ1v) is 7.90. The van der Waals surface area contributed by atoms with Gasteiger partial charge < -0.3 is 25.0 Å². The molecular formula is C17H21N3O4. The van der Waals surface area contributed by atoms with Crippen LogP contribution in [0.1, 0.15) is 24.9 Å². The summed E-state index contributed by atoms with van der Waals surface area (Å²) in [5.41, 5.74) is 2.05. The lowest BCUT2D eigenvalue weighted by atomic mass is 9.96. The van der Waals surface area contributed by atoms with Gasteiger partial charge in [0.2, 0.25) is 0 Å². The maximum atomic E-state index is 12.7. The number of benzene rings is 1. The van der Waals surface area contributed by atoms with Gasteiger partial charge in [0.15, 0.2) is 11.5 Å². The molecule has 1 atom stereocenters. The lowest BCUT2D eigenvalue weighted by molar-refractivity contribution is -0.125. The van der Waals surface area contributed by atoms with Crippen molar-refractivity contribution in [2.24, 2.45) is 0 Å². The summed E-state index contributed by atoms with van der Waals surface area (Å²) in [6.45, 7) is 3.13. The molecule has 0 radical (unpaired) electrons. The van der Waals surface area contributed by atoms with Crippen LogP contribution < -0.4 is 20.1 Å². The lowest BCUT2D eigenvalue weighted by Crippen LogP contribution is -2.44. The number of methoxy groups -OCH3 is 2. The van der Waals surface area contributed by atoms with Gasteiger partial charge in [0.25, 0.3) is 5.91 Å². The molecule has 2 heterocycles. The Hall–Kier alpha value is -2.70. The van der Waals surface area contributed by atoms with Crippen LogP contribution >= 0.6 is 0 Å². The van der Waals surface area contributed by atoms with Crippen molar-refractivity contribution in [1.29, 1.82) is 0 Å². The molecule has 3 rings (SSSR count). The van der Waals surface area contributed by atoms with Crippen LogP contribution in [0.15, 0.2) is 29.5 Å². The third kappa shape index (κ3) is 2.66. The number of amides is 3. The van der Waals surface area contributed by atoms with Gasteiger partial charge in [0.1, 0.15) is 0 Å². The normalized spacial score (nSPS) is 19.8. The number of nitrogens with one attached hydrogen (secondary N) is 2. The van der Waals surface area contributed by atoms with Crippen molar-refractivity contribution in [3.63, 3.8) is 0 Å². The molecule has 24 heavy (non-hydrogen) atoms. The fraction of sp³-hybridized carbons (Fsp3) is 0.412. The maximum Gasteiger partial charge on any atom is 0.319 e. The van der Waals surface area contributed by atoms with Gasteiger partial charge in [-0.15, -0.1) is 0 Å². The third-order valence-electron chi connectivity index (χ3n) is 4.25. The summed E-state index contributed by atoms with van der Waals surface area (Å²) in [5, 5.41) is 5.59. The van der Waals surface area contributed by atoms with Crippen LogP contribution in [-0.2, 0) is 4.79 Å². The molecule has 7 nitrogen and oxygen atoms in total. The number of ether oxygens (including phenoxy) is 2. The standard InChI is InChI=1S/C17H21N3O4/c1-4-7-20-9-11-14(16(20)21)15(19-17(22)18-11)10-5-6-12(23-2)13(8-10)24-3/h5-6,8,15H,4,7,9H2,1-3H3,(H2,18,19,22)/t15-/m1/s1. The van der Waals surface area contributed by atoms with Crippen molar-refractivity contribution in [3.05, 3.63) is 35.0 Å². The van der Waals surface area contributed by atoms with Crippen LogP contribution in [0.2, 0.25) is 0 Å². The molecule has 0 spiro atoms. The molecule has 0 bridgehead atoms. The zero-order valence-corrected chi connectivity index (χ0v) is 14.0. The van der Waals surface area contributed by atoms with Gasteiger partial charge >= 0.3 is 6.03 Å². The zero-order chi connectivity index (χ0) is 17.3. The Kier molecular flexibility index (Phi) is 4.33. The van der Waals surface area contributed by atoms with Gasteiger partial charge in [-0.05, 0) is 24.1 Å². The lowest BCUT2D eigenvalue weighted by Gasteiger charge is -2.26. The monoisotopic (exact) mass is 331 g/mol. The number of urea groups is 1. The van der Waals surface area contributed by atoms with Crippen LogP contribution in [0.4, 0.5) is 4.79 Å². The second-order valence-electron chi connectivity index (χ2n) is 5.76. The molecule has 1 aromatic carbocycles. The van der Waals surface area contributed by atoms with Crippen LogP contribution in [0.25, 0.3) is 0 Å². The molecule has 0 unspecified atom stereocenters. The molecule has 2 aliphatic heterocycles. The second kappa shape index (κ2) is 6.43. The second-order valence-corrected chi connectivity index (χ2v) is 5.76. The summed E-state index contributed by atoms with van der Waals surface area (Å²) < 4.78 is 10.6. The minimum atomic E-state index is -0.497. The Morgan fingerprint density at radius 3 is 2.62 bits per heavy atom. The van der Waals surface area contributed by atoms with Gasteiger partial charge in [0.05, 0.1) is 38.1 Å². The highest BCUT2D eigenvalue weighted by Gasteiger charge is 2.40. The van der Waals surface area contributed by atoms with E-state index in [1.54, 1.807) is 31.3 Å². The maximum absolute atomic E-state index is 12.7. The van der Waals surface area contributed by atoms with Crippen molar-refractivity contribution >= 4 is 11.9 Å². The summed E-state index contributed by atoms with van der Waals surface area (Å²) in [4.78, 5) is 26.5. The number of carbonyl (C=O) groups excluding carboxylic acids is 2. The highest BCUT2D eigenvalue weighted by atomic mass is 16.5. The van der Waals surface area contributed by atoms with E-state index in [1.165, 1.54) is 0 Å². The van der Waals surface area contributed by atoms with Gasteiger partial charge in [0, 0.05) is 6.54 Å². The van der Waals surface area contributed by atoms with Crippen molar-refractivity contribution in [2.75, 3.05) is 27.3 Å². The fourth-order valence-electron chi connectivity index (χ4n) is 3.16. The molecule has 0 saturated carbocycles. The first-order valence-electron chi connectivity index (χ1n) is 7.90. The molecule has 0 saturated heterocycles. The van der Waals surface area contributed by atoms with Crippen LogP contribution in [0.3, 0.4) is 0 Å². The SMILES string of the molecule is CCCN1CC2=C(C1=O)[C@@H](c1ccc(OC)c(OC)c1)NC(=O)N2. The van der Waals surface area contributed by atoms with Crippen molar-refractivity contribution < 1.29 is 19.1 Å². The van der Waals surface area contributed by atoms with Crippen LogP contribution in [0, 0.1) is 0 Å². The van der Waals surface area contributed by atoms with Crippen LogP contribution in [-0.4, -0.2) is 44.1 Å². The van der Waals surface area contributed by atoms with E-state index >= 15 is 0 Å². The summed E-state index contributed by atoms with van der Waals surface area (Å²) >= 11 is 0. The van der Waals surface area contributed by atoms with Crippen LogP contribution in [0.5, 0.6) is 11.5 Å². The van der Waals surface area contributed by atoms with E-state index in [-0.39, 0.29) is 11.9 Å². The molecule has 0 aliphatic carbocycles. The van der Waals surface area contributed by atoms with E-state index in [9.17, 15) is 9.59 Å². The number of hydrogen-bond acceptors (Lipinski definition) is 4. The van der Waals surface area contributed by atoms with Crippen molar-refractivity contribution in [3.8, 4) is 11.5 Å². The Labute approximate surface area is 140 Å². The first-order chi connectivity index (χ1) is 11.6. The van der Waals surface area contributed by atoms with E-state index in [0.717, 1.165) is 12.0 Å². The molecule has 0 aromatic heterocycles. The summed E-state index contributed by atoms with van der Waals surface area (Å²) in [6.07, 6.45) is 0.870. The van der Waals surface area contributed by atoms with E-state index in [4.69, 9.17) is 9.47 Å². The van der Waals surface area contributed by atoms with E-state index in [0.29, 0.717) is 35.9 Å². The first kappa shape index (κ1) is 16.2. The third-order valence-corrected chi connectivity index (χ3v) is 4.25. The Morgan fingerprint density at radius 1 is 1.21 bits per heavy atom. The van der Waals surface area contributed by atoms with Gasteiger partial charge in [-0.2, -0.15) is 0 Å². The zero-order valence-electron chi connectivity index (χ0n) is 14.0. The molecule has 128 valence electrons. The molecule has 7 heteroatoms. The number of nitrogens with zero attached hydrogens (tertiary/aromatic N) is 1. The van der Waals surface area contributed by atoms with Crippen molar-refractivity contribution in [1.82, 2.24) is 15.5 Å². The van der Waals surface area contributed by atoms with E-state index in [1.807, 2.05) is 13.0 Å². The highest BCUT2D eigenvalue weighted by molar-refractivity contribution is 6.01. The summed E-state index contributed by atoms with van der Waals surface area (Å²) in [5.74, 6) is 1.11. The fourth-order valence-corrected chi connectivity index (χ4v) is 3.16. The Bertz CT molecular complexity index is 714. The number of carbonyl (C=O) groups is 2. The predicted octanol–water partition coefficient (Wildman–Crippen LogP) is 1.56. The molecular weight excluding hydrogens is 310 g/mol. The van der Waals surface area contributed by atoms with Gasteiger partial charge in [-0.3, -0.25) is 4.79 Å². The smallest absolute Gasteiger partial charge is 0.319 e. The molecule has 0 fully saturated rings. The quantitative estimate of drug-likeness (QED) is 0.858. The Balaban J connectivity index is 1.99. The molecule has 2 N–H and O–H groups in total. The molecule has 2 aliphatic rings. The number of hydrogen-bond donors (Lipinski definition) is 2. The minimum absolute atomic E-state index is 0.0425. The van der Waals surface area contributed by atoms with E-state index in [2.05, 4.69) is 10.6 Å². The Morgan fingerprint density at radius 2 is 1.96 bits per heavy atom.